The highest BCUT2D eigenvalue weighted by atomic mass is 16.5. The highest BCUT2D eigenvalue weighted by molar-refractivity contribution is 5.68. The van der Waals surface area contributed by atoms with Crippen LogP contribution in [0.2, 0.25) is 0 Å². The van der Waals surface area contributed by atoms with Gasteiger partial charge in [0.2, 0.25) is 0 Å². The summed E-state index contributed by atoms with van der Waals surface area (Å²) in [4.78, 5) is 22.2. The lowest BCUT2D eigenvalue weighted by atomic mass is 10.0. The summed E-state index contributed by atoms with van der Waals surface area (Å²) in [7, 11) is 1.42. The molecule has 0 saturated carbocycles. The number of hydrogen-bond acceptors (Lipinski definition) is 4. The van der Waals surface area contributed by atoms with Gasteiger partial charge in [-0.25, -0.2) is 0 Å². The lowest BCUT2D eigenvalue weighted by Crippen LogP contribution is -2.16. The first-order valence-electron chi connectivity index (χ1n) is 9.34. The van der Waals surface area contributed by atoms with Crippen LogP contribution >= 0.6 is 0 Å². The molecule has 0 N–H and O–H groups in total. The number of carbonyl (C=O) groups is 2. The van der Waals surface area contributed by atoms with Crippen LogP contribution in [0.25, 0.3) is 0 Å². The Kier molecular flexibility index (Phi) is 15.1. The SMILES string of the molecule is CCCCCCCCC(CCCCCCC(=O)OC)OC(C)=O. The molecule has 0 rings (SSSR count). The summed E-state index contributed by atoms with van der Waals surface area (Å²) in [6.07, 6.45) is 14.1. The molecule has 4 nitrogen and oxygen atoms in total. The number of rotatable bonds is 15. The maximum Gasteiger partial charge on any atom is 0.305 e. The van der Waals surface area contributed by atoms with E-state index in [1.807, 2.05) is 0 Å². The molecular formula is C19H36O4. The normalized spacial score (nSPS) is 12.0. The Morgan fingerprint density at radius 3 is 1.87 bits per heavy atom. The lowest BCUT2D eigenvalue weighted by Gasteiger charge is -2.17. The van der Waals surface area contributed by atoms with Crippen molar-refractivity contribution in [2.24, 2.45) is 0 Å². The third kappa shape index (κ3) is 15.6. The summed E-state index contributed by atoms with van der Waals surface area (Å²) < 4.78 is 10.0. The average Bonchev–Trinajstić information content (AvgIpc) is 2.52. The molecule has 0 saturated heterocycles. The van der Waals surface area contributed by atoms with E-state index in [-0.39, 0.29) is 18.0 Å². The fourth-order valence-electron chi connectivity index (χ4n) is 2.75. The van der Waals surface area contributed by atoms with Crippen molar-refractivity contribution < 1.29 is 19.1 Å². The Labute approximate surface area is 142 Å². The van der Waals surface area contributed by atoms with Crippen LogP contribution in [0.4, 0.5) is 0 Å². The van der Waals surface area contributed by atoms with Crippen molar-refractivity contribution in [3.8, 4) is 0 Å². The molecule has 0 spiro atoms. The van der Waals surface area contributed by atoms with Gasteiger partial charge in [0, 0.05) is 13.3 Å². The number of hydrogen-bond donors (Lipinski definition) is 0. The van der Waals surface area contributed by atoms with Crippen molar-refractivity contribution in [1.29, 1.82) is 0 Å². The monoisotopic (exact) mass is 328 g/mol. The number of carbonyl (C=O) groups excluding carboxylic acids is 2. The molecule has 0 fully saturated rings. The van der Waals surface area contributed by atoms with Gasteiger partial charge in [-0.3, -0.25) is 9.59 Å². The van der Waals surface area contributed by atoms with Crippen molar-refractivity contribution in [1.82, 2.24) is 0 Å². The maximum absolute atomic E-state index is 11.2. The second-order valence-electron chi connectivity index (χ2n) is 6.32. The Morgan fingerprint density at radius 2 is 1.35 bits per heavy atom. The smallest absolute Gasteiger partial charge is 0.305 e. The van der Waals surface area contributed by atoms with Gasteiger partial charge in [-0.15, -0.1) is 0 Å². The van der Waals surface area contributed by atoms with Gasteiger partial charge in [-0.1, -0.05) is 51.9 Å². The first kappa shape index (κ1) is 21.9. The molecule has 0 bridgehead atoms. The van der Waals surface area contributed by atoms with Crippen LogP contribution in [-0.4, -0.2) is 25.2 Å². The summed E-state index contributed by atoms with van der Waals surface area (Å²) in [5, 5.41) is 0. The van der Waals surface area contributed by atoms with Crippen LogP contribution in [0.3, 0.4) is 0 Å². The molecule has 23 heavy (non-hydrogen) atoms. The van der Waals surface area contributed by atoms with Gasteiger partial charge in [0.05, 0.1) is 7.11 Å². The molecule has 0 aliphatic carbocycles. The Morgan fingerprint density at radius 1 is 0.826 bits per heavy atom. The van der Waals surface area contributed by atoms with Crippen LogP contribution in [0.5, 0.6) is 0 Å². The van der Waals surface area contributed by atoms with E-state index in [4.69, 9.17) is 4.74 Å². The van der Waals surface area contributed by atoms with Gasteiger partial charge in [-0.05, 0) is 32.1 Å². The highest BCUT2D eigenvalue weighted by Gasteiger charge is 2.11. The highest BCUT2D eigenvalue weighted by Crippen LogP contribution is 2.16. The zero-order valence-electron chi connectivity index (χ0n) is 15.4. The number of ether oxygens (including phenoxy) is 2. The van der Waals surface area contributed by atoms with Crippen LogP contribution in [0.15, 0.2) is 0 Å². The Balaban J connectivity index is 3.70. The quantitative estimate of drug-likeness (QED) is 0.307. The minimum atomic E-state index is -0.174. The second kappa shape index (κ2) is 15.8. The first-order chi connectivity index (χ1) is 11.1. The molecule has 0 radical (unpaired) electrons. The zero-order valence-corrected chi connectivity index (χ0v) is 15.4. The van der Waals surface area contributed by atoms with E-state index in [0.717, 1.165) is 44.9 Å². The van der Waals surface area contributed by atoms with E-state index >= 15 is 0 Å². The van der Waals surface area contributed by atoms with Crippen LogP contribution < -0.4 is 0 Å². The second-order valence-corrected chi connectivity index (χ2v) is 6.32. The van der Waals surface area contributed by atoms with Crippen molar-refractivity contribution in [3.63, 3.8) is 0 Å². The molecular weight excluding hydrogens is 292 g/mol. The number of unbranched alkanes of at least 4 members (excludes halogenated alkanes) is 8. The molecule has 0 heterocycles. The van der Waals surface area contributed by atoms with Gasteiger partial charge in [0.1, 0.15) is 6.10 Å². The molecule has 0 aliphatic rings. The summed E-state index contributed by atoms with van der Waals surface area (Å²) in [5.41, 5.74) is 0. The molecule has 1 atom stereocenters. The van der Waals surface area contributed by atoms with E-state index in [9.17, 15) is 9.59 Å². The predicted molar refractivity (Wildman–Crippen MR) is 93.3 cm³/mol. The average molecular weight is 328 g/mol. The fourth-order valence-corrected chi connectivity index (χ4v) is 2.75. The summed E-state index contributed by atoms with van der Waals surface area (Å²) in [5.74, 6) is -0.308. The minimum absolute atomic E-state index is 0.0688. The topological polar surface area (TPSA) is 52.6 Å². The van der Waals surface area contributed by atoms with E-state index in [0.29, 0.717) is 6.42 Å². The van der Waals surface area contributed by atoms with Crippen molar-refractivity contribution in [2.45, 2.75) is 103 Å². The van der Waals surface area contributed by atoms with E-state index in [1.54, 1.807) is 0 Å². The van der Waals surface area contributed by atoms with Gasteiger partial charge in [0.25, 0.3) is 0 Å². The molecule has 136 valence electrons. The summed E-state index contributed by atoms with van der Waals surface area (Å²) in [6, 6.07) is 0. The number of esters is 2. The van der Waals surface area contributed by atoms with Crippen molar-refractivity contribution in [2.75, 3.05) is 7.11 Å². The fraction of sp³-hybridized carbons (Fsp3) is 0.895. The molecule has 0 aromatic carbocycles. The maximum atomic E-state index is 11.2. The summed E-state index contributed by atoms with van der Waals surface area (Å²) in [6.45, 7) is 3.71. The Hall–Kier alpha value is -1.06. The molecule has 4 heteroatoms. The van der Waals surface area contributed by atoms with E-state index in [2.05, 4.69) is 11.7 Å². The standard InChI is InChI=1S/C19H36O4/c1-4-5-6-7-8-11-14-18(23-17(2)20)15-12-9-10-13-16-19(21)22-3/h18H,4-16H2,1-3H3. The molecule has 0 aliphatic heterocycles. The molecule has 0 amide bonds. The first-order valence-corrected chi connectivity index (χ1v) is 9.34. The van der Waals surface area contributed by atoms with Gasteiger partial charge < -0.3 is 9.47 Å². The van der Waals surface area contributed by atoms with E-state index in [1.165, 1.54) is 46.1 Å². The largest absolute Gasteiger partial charge is 0.469 e. The van der Waals surface area contributed by atoms with Gasteiger partial charge in [0.15, 0.2) is 0 Å². The third-order valence-electron chi connectivity index (χ3n) is 4.10. The molecule has 1 unspecified atom stereocenters. The van der Waals surface area contributed by atoms with E-state index < -0.39 is 0 Å². The zero-order chi connectivity index (χ0) is 17.3. The van der Waals surface area contributed by atoms with Crippen LogP contribution in [0, 0.1) is 0 Å². The van der Waals surface area contributed by atoms with Crippen molar-refractivity contribution >= 4 is 11.9 Å². The summed E-state index contributed by atoms with van der Waals surface area (Å²) >= 11 is 0. The van der Waals surface area contributed by atoms with Crippen molar-refractivity contribution in [3.05, 3.63) is 0 Å². The third-order valence-corrected chi connectivity index (χ3v) is 4.10. The predicted octanol–water partition coefficient (Wildman–Crippen LogP) is 5.18. The molecule has 0 aromatic rings. The van der Waals surface area contributed by atoms with Gasteiger partial charge >= 0.3 is 11.9 Å². The number of methoxy groups -OCH3 is 1. The van der Waals surface area contributed by atoms with Crippen LogP contribution in [-0.2, 0) is 19.1 Å². The van der Waals surface area contributed by atoms with Crippen LogP contribution in [0.1, 0.15) is 97.3 Å². The van der Waals surface area contributed by atoms with Gasteiger partial charge in [-0.2, -0.15) is 0 Å². The molecule has 0 aromatic heterocycles. The Bertz CT molecular complexity index is 302. The minimum Gasteiger partial charge on any atom is -0.469 e. The lowest BCUT2D eigenvalue weighted by molar-refractivity contribution is -0.147.